The molecular formula is C16H21F4N3O. The van der Waals surface area contributed by atoms with Gasteiger partial charge in [0, 0.05) is 51.5 Å². The van der Waals surface area contributed by atoms with Crippen LogP contribution in [0, 0.1) is 0 Å². The molecule has 0 spiro atoms. The molecule has 1 fully saturated rings. The first-order chi connectivity index (χ1) is 11.2. The maximum Gasteiger partial charge on any atom is 0.319 e. The monoisotopic (exact) mass is 347 g/mol. The average Bonchev–Trinajstić information content (AvgIpc) is 2.54. The van der Waals surface area contributed by atoms with E-state index >= 15 is 0 Å². The fourth-order valence-electron chi connectivity index (χ4n) is 2.58. The second-order valence-electron chi connectivity index (χ2n) is 6.07. The van der Waals surface area contributed by atoms with Crippen LogP contribution in [0.1, 0.15) is 10.4 Å². The molecule has 0 unspecified atom stereocenters. The topological polar surface area (TPSA) is 26.8 Å². The Hall–Kier alpha value is -1.83. The molecule has 0 aliphatic carbocycles. The molecule has 1 saturated heterocycles. The minimum Gasteiger partial charge on any atom is -0.378 e. The summed E-state index contributed by atoms with van der Waals surface area (Å²) in [5, 5.41) is 0. The van der Waals surface area contributed by atoms with Gasteiger partial charge < -0.3 is 9.80 Å². The van der Waals surface area contributed by atoms with Gasteiger partial charge in [-0.15, -0.1) is 0 Å². The van der Waals surface area contributed by atoms with Crippen molar-refractivity contribution in [3.8, 4) is 0 Å². The van der Waals surface area contributed by atoms with Gasteiger partial charge in [-0.3, -0.25) is 9.69 Å². The minimum absolute atomic E-state index is 0.154. The molecule has 1 amide bonds. The van der Waals surface area contributed by atoms with E-state index in [4.69, 9.17) is 0 Å². The number of halogens is 4. The number of nitrogens with zero attached hydrogens (tertiary/aromatic N) is 3. The number of hydrogen-bond donors (Lipinski definition) is 0. The summed E-state index contributed by atoms with van der Waals surface area (Å²) in [6.45, 7) is -0.194. The van der Waals surface area contributed by atoms with E-state index in [1.165, 1.54) is 4.90 Å². The normalized spacial score (nSPS) is 16.5. The third kappa shape index (κ3) is 4.37. The van der Waals surface area contributed by atoms with Crippen LogP contribution < -0.4 is 4.90 Å². The quantitative estimate of drug-likeness (QED) is 0.766. The number of benzene rings is 1. The summed E-state index contributed by atoms with van der Waals surface area (Å²) >= 11 is 0. The molecule has 8 heteroatoms. The van der Waals surface area contributed by atoms with Crippen molar-refractivity contribution < 1.29 is 22.4 Å². The first kappa shape index (κ1) is 18.5. The molecule has 0 N–H and O–H groups in total. The van der Waals surface area contributed by atoms with E-state index < -0.39 is 18.9 Å². The molecule has 0 aromatic heterocycles. The number of alkyl halides is 4. The van der Waals surface area contributed by atoms with Crippen LogP contribution in [0.2, 0.25) is 0 Å². The highest BCUT2D eigenvalue weighted by Gasteiger charge is 2.42. The summed E-state index contributed by atoms with van der Waals surface area (Å²) in [7, 11) is 3.73. The SMILES string of the molecule is CN(C)c1cccc(C(=O)N2CCN(CC(F)(F)C(F)F)CC2)c1. The van der Waals surface area contributed by atoms with Crippen molar-refractivity contribution in [1.29, 1.82) is 0 Å². The highest BCUT2D eigenvalue weighted by molar-refractivity contribution is 5.95. The Kier molecular flexibility index (Phi) is 5.69. The summed E-state index contributed by atoms with van der Waals surface area (Å²) in [6.07, 6.45) is -3.68. The van der Waals surface area contributed by atoms with Gasteiger partial charge in [-0.2, -0.15) is 8.78 Å². The van der Waals surface area contributed by atoms with E-state index in [1.807, 2.05) is 25.1 Å². The molecule has 0 atom stereocenters. The van der Waals surface area contributed by atoms with Gasteiger partial charge in [-0.05, 0) is 18.2 Å². The average molecular weight is 347 g/mol. The molecule has 134 valence electrons. The molecule has 4 nitrogen and oxygen atoms in total. The van der Waals surface area contributed by atoms with Crippen LogP contribution in [-0.2, 0) is 0 Å². The van der Waals surface area contributed by atoms with Gasteiger partial charge in [0.2, 0.25) is 0 Å². The molecule has 1 aromatic carbocycles. The third-order valence-corrected chi connectivity index (χ3v) is 4.02. The van der Waals surface area contributed by atoms with E-state index in [2.05, 4.69) is 0 Å². The van der Waals surface area contributed by atoms with E-state index in [-0.39, 0.29) is 32.1 Å². The standard InChI is InChI=1S/C16H21F4N3O/c1-21(2)13-5-3-4-12(10-13)14(24)23-8-6-22(7-9-23)11-16(19,20)15(17)18/h3-5,10,15H,6-9,11H2,1-2H3. The first-order valence-electron chi connectivity index (χ1n) is 7.65. The van der Waals surface area contributed by atoms with Crippen molar-refractivity contribution in [3.05, 3.63) is 29.8 Å². The van der Waals surface area contributed by atoms with Gasteiger partial charge in [0.15, 0.2) is 0 Å². The molecule has 1 aromatic rings. The van der Waals surface area contributed by atoms with Crippen molar-refractivity contribution in [2.24, 2.45) is 0 Å². The Labute approximate surface area is 138 Å². The van der Waals surface area contributed by atoms with Gasteiger partial charge in [0.1, 0.15) is 0 Å². The van der Waals surface area contributed by atoms with Crippen molar-refractivity contribution in [2.75, 3.05) is 51.7 Å². The van der Waals surface area contributed by atoms with E-state index in [0.29, 0.717) is 5.56 Å². The van der Waals surface area contributed by atoms with E-state index in [1.54, 1.807) is 23.1 Å². The molecule has 1 heterocycles. The number of hydrogen-bond acceptors (Lipinski definition) is 3. The van der Waals surface area contributed by atoms with E-state index in [0.717, 1.165) is 5.69 Å². The zero-order valence-electron chi connectivity index (χ0n) is 13.7. The Morgan fingerprint density at radius 2 is 1.83 bits per heavy atom. The van der Waals surface area contributed by atoms with Crippen LogP contribution in [0.4, 0.5) is 23.2 Å². The summed E-state index contributed by atoms with van der Waals surface area (Å²) in [5.74, 6) is -4.20. The van der Waals surface area contributed by atoms with Gasteiger partial charge in [0.25, 0.3) is 5.91 Å². The fourth-order valence-corrected chi connectivity index (χ4v) is 2.58. The predicted molar refractivity (Wildman–Crippen MR) is 84.1 cm³/mol. The Morgan fingerprint density at radius 1 is 1.21 bits per heavy atom. The zero-order valence-corrected chi connectivity index (χ0v) is 13.7. The first-order valence-corrected chi connectivity index (χ1v) is 7.65. The van der Waals surface area contributed by atoms with Crippen LogP contribution >= 0.6 is 0 Å². The van der Waals surface area contributed by atoms with E-state index in [9.17, 15) is 22.4 Å². The smallest absolute Gasteiger partial charge is 0.319 e. The van der Waals surface area contributed by atoms with Crippen LogP contribution in [-0.4, -0.2) is 74.9 Å². The lowest BCUT2D eigenvalue weighted by atomic mass is 10.1. The van der Waals surface area contributed by atoms with Gasteiger partial charge in [-0.25, -0.2) is 8.78 Å². The highest BCUT2D eigenvalue weighted by atomic mass is 19.3. The molecule has 0 bridgehead atoms. The predicted octanol–water partition coefficient (Wildman–Crippen LogP) is 2.41. The van der Waals surface area contributed by atoms with Gasteiger partial charge in [-0.1, -0.05) is 6.07 Å². The number of piperazine rings is 1. The van der Waals surface area contributed by atoms with Crippen molar-refractivity contribution in [2.45, 2.75) is 12.3 Å². The number of carbonyl (C=O) groups is 1. The number of carbonyl (C=O) groups excluding carboxylic acids is 1. The largest absolute Gasteiger partial charge is 0.378 e. The molecule has 0 saturated carbocycles. The van der Waals surface area contributed by atoms with Crippen molar-refractivity contribution >= 4 is 11.6 Å². The van der Waals surface area contributed by atoms with Crippen molar-refractivity contribution in [3.63, 3.8) is 0 Å². The maximum absolute atomic E-state index is 13.1. The van der Waals surface area contributed by atoms with Crippen LogP contribution in [0.3, 0.4) is 0 Å². The molecular weight excluding hydrogens is 326 g/mol. The molecule has 24 heavy (non-hydrogen) atoms. The minimum atomic E-state index is -4.02. The summed E-state index contributed by atoms with van der Waals surface area (Å²) in [6, 6.07) is 7.12. The van der Waals surface area contributed by atoms with Crippen LogP contribution in [0.25, 0.3) is 0 Å². The van der Waals surface area contributed by atoms with Crippen molar-refractivity contribution in [1.82, 2.24) is 9.80 Å². The Balaban J connectivity index is 1.95. The third-order valence-electron chi connectivity index (χ3n) is 4.02. The molecule has 0 radical (unpaired) electrons. The maximum atomic E-state index is 13.1. The zero-order chi connectivity index (χ0) is 17.9. The number of anilines is 1. The van der Waals surface area contributed by atoms with Crippen LogP contribution in [0.5, 0.6) is 0 Å². The fraction of sp³-hybridized carbons (Fsp3) is 0.562. The number of rotatable bonds is 5. The van der Waals surface area contributed by atoms with Gasteiger partial charge >= 0.3 is 12.3 Å². The number of amides is 1. The second-order valence-corrected chi connectivity index (χ2v) is 6.07. The summed E-state index contributed by atoms with van der Waals surface area (Å²) in [5.41, 5.74) is 1.41. The lowest BCUT2D eigenvalue weighted by molar-refractivity contribution is -0.144. The molecule has 2 rings (SSSR count). The second kappa shape index (κ2) is 7.38. The van der Waals surface area contributed by atoms with Gasteiger partial charge in [0.05, 0.1) is 6.54 Å². The lowest BCUT2D eigenvalue weighted by Gasteiger charge is -2.36. The molecule has 1 aliphatic heterocycles. The summed E-state index contributed by atoms with van der Waals surface area (Å²) < 4.78 is 50.7. The Morgan fingerprint density at radius 3 is 2.38 bits per heavy atom. The molecule has 1 aliphatic rings. The Bertz CT molecular complexity index is 572. The summed E-state index contributed by atoms with van der Waals surface area (Å²) in [4.78, 5) is 17.2. The highest BCUT2D eigenvalue weighted by Crippen LogP contribution is 2.24. The lowest BCUT2D eigenvalue weighted by Crippen LogP contribution is -2.52. The van der Waals surface area contributed by atoms with Crippen LogP contribution in [0.15, 0.2) is 24.3 Å².